The highest BCUT2D eigenvalue weighted by Gasteiger charge is 2.16. The van der Waals surface area contributed by atoms with Gasteiger partial charge in [0.05, 0.1) is 24.9 Å². The van der Waals surface area contributed by atoms with E-state index in [1.807, 2.05) is 19.1 Å². The van der Waals surface area contributed by atoms with Crippen LogP contribution in [0.2, 0.25) is 0 Å². The molecular formula is C12H14N2O2. The van der Waals surface area contributed by atoms with E-state index in [0.717, 1.165) is 48.8 Å². The van der Waals surface area contributed by atoms with Crippen LogP contribution in [0.4, 0.5) is 5.82 Å². The quantitative estimate of drug-likeness (QED) is 0.733. The molecule has 4 heteroatoms. The van der Waals surface area contributed by atoms with E-state index >= 15 is 0 Å². The molecule has 3 rings (SSSR count). The highest BCUT2D eigenvalue weighted by molar-refractivity contribution is 5.89. The molecular weight excluding hydrogens is 204 g/mol. The summed E-state index contributed by atoms with van der Waals surface area (Å²) in [5.41, 5.74) is 1.90. The SMILES string of the molecule is Cc1cc2occc2c(N2CCOCC2)n1. The number of furan rings is 1. The molecule has 1 fully saturated rings. The van der Waals surface area contributed by atoms with E-state index in [9.17, 15) is 0 Å². The van der Waals surface area contributed by atoms with Gasteiger partial charge < -0.3 is 14.1 Å². The molecule has 0 aromatic carbocycles. The fraction of sp³-hybridized carbons (Fsp3) is 0.417. The van der Waals surface area contributed by atoms with E-state index in [1.54, 1.807) is 6.26 Å². The van der Waals surface area contributed by atoms with E-state index in [2.05, 4.69) is 9.88 Å². The lowest BCUT2D eigenvalue weighted by Gasteiger charge is -2.28. The number of fused-ring (bicyclic) bond motifs is 1. The Morgan fingerprint density at radius 1 is 1.31 bits per heavy atom. The van der Waals surface area contributed by atoms with Crippen molar-refractivity contribution in [1.29, 1.82) is 0 Å². The first-order valence-electron chi connectivity index (χ1n) is 5.52. The number of rotatable bonds is 1. The predicted octanol–water partition coefficient (Wildman–Crippen LogP) is 1.97. The Balaban J connectivity index is 2.09. The molecule has 0 spiro atoms. The molecule has 2 aromatic heterocycles. The third-order valence-corrected chi connectivity index (χ3v) is 2.87. The van der Waals surface area contributed by atoms with Gasteiger partial charge >= 0.3 is 0 Å². The number of nitrogens with zero attached hydrogens (tertiary/aromatic N) is 2. The third-order valence-electron chi connectivity index (χ3n) is 2.87. The number of morpholine rings is 1. The molecule has 0 radical (unpaired) electrons. The van der Waals surface area contributed by atoms with Crippen LogP contribution >= 0.6 is 0 Å². The van der Waals surface area contributed by atoms with Gasteiger partial charge in [0, 0.05) is 24.8 Å². The van der Waals surface area contributed by atoms with Crippen molar-refractivity contribution in [2.45, 2.75) is 6.92 Å². The second-order valence-electron chi connectivity index (χ2n) is 4.02. The Hall–Kier alpha value is -1.55. The Morgan fingerprint density at radius 3 is 2.94 bits per heavy atom. The summed E-state index contributed by atoms with van der Waals surface area (Å²) in [4.78, 5) is 6.87. The van der Waals surface area contributed by atoms with Crippen molar-refractivity contribution in [3.8, 4) is 0 Å². The van der Waals surface area contributed by atoms with Crippen molar-refractivity contribution in [2.75, 3.05) is 31.2 Å². The van der Waals surface area contributed by atoms with E-state index in [0.29, 0.717) is 0 Å². The van der Waals surface area contributed by atoms with Gasteiger partial charge in [0.1, 0.15) is 11.4 Å². The van der Waals surface area contributed by atoms with Gasteiger partial charge in [0.15, 0.2) is 0 Å². The topological polar surface area (TPSA) is 38.5 Å². The van der Waals surface area contributed by atoms with Crippen LogP contribution in [0.1, 0.15) is 5.69 Å². The highest BCUT2D eigenvalue weighted by Crippen LogP contribution is 2.27. The van der Waals surface area contributed by atoms with Crippen LogP contribution in [0.3, 0.4) is 0 Å². The minimum Gasteiger partial charge on any atom is -0.464 e. The zero-order valence-electron chi connectivity index (χ0n) is 9.27. The van der Waals surface area contributed by atoms with Crippen LogP contribution in [-0.2, 0) is 4.74 Å². The van der Waals surface area contributed by atoms with Gasteiger partial charge in [-0.2, -0.15) is 0 Å². The molecule has 16 heavy (non-hydrogen) atoms. The molecule has 0 amide bonds. The maximum Gasteiger partial charge on any atom is 0.140 e. The maximum absolute atomic E-state index is 5.43. The molecule has 0 atom stereocenters. The number of hydrogen-bond donors (Lipinski definition) is 0. The van der Waals surface area contributed by atoms with Gasteiger partial charge in [-0.1, -0.05) is 0 Å². The monoisotopic (exact) mass is 218 g/mol. The molecule has 1 aliphatic rings. The Bertz CT molecular complexity index is 501. The molecule has 84 valence electrons. The van der Waals surface area contributed by atoms with Gasteiger partial charge in [0.25, 0.3) is 0 Å². The fourth-order valence-corrected chi connectivity index (χ4v) is 2.08. The molecule has 1 aliphatic heterocycles. The van der Waals surface area contributed by atoms with Crippen LogP contribution in [0, 0.1) is 6.92 Å². The number of aryl methyl sites for hydroxylation is 1. The normalized spacial score (nSPS) is 16.9. The average molecular weight is 218 g/mol. The average Bonchev–Trinajstić information content (AvgIpc) is 2.77. The summed E-state index contributed by atoms with van der Waals surface area (Å²) in [6.45, 7) is 5.34. The second kappa shape index (κ2) is 3.79. The first-order chi connectivity index (χ1) is 7.84. The zero-order valence-corrected chi connectivity index (χ0v) is 9.27. The summed E-state index contributed by atoms with van der Waals surface area (Å²) in [7, 11) is 0. The largest absolute Gasteiger partial charge is 0.464 e. The van der Waals surface area contributed by atoms with Crippen molar-refractivity contribution in [3.63, 3.8) is 0 Å². The van der Waals surface area contributed by atoms with Crippen LogP contribution in [0.5, 0.6) is 0 Å². The van der Waals surface area contributed by atoms with Gasteiger partial charge in [0.2, 0.25) is 0 Å². The number of hydrogen-bond acceptors (Lipinski definition) is 4. The van der Waals surface area contributed by atoms with E-state index < -0.39 is 0 Å². The predicted molar refractivity (Wildman–Crippen MR) is 61.8 cm³/mol. The molecule has 0 saturated carbocycles. The maximum atomic E-state index is 5.43. The molecule has 3 heterocycles. The van der Waals surface area contributed by atoms with Crippen molar-refractivity contribution >= 4 is 16.8 Å². The van der Waals surface area contributed by atoms with Crippen molar-refractivity contribution < 1.29 is 9.15 Å². The van der Waals surface area contributed by atoms with Gasteiger partial charge in [-0.25, -0.2) is 4.98 Å². The molecule has 4 nitrogen and oxygen atoms in total. The number of anilines is 1. The Labute approximate surface area is 93.8 Å². The summed E-state index contributed by atoms with van der Waals surface area (Å²) < 4.78 is 10.8. The Morgan fingerprint density at radius 2 is 2.12 bits per heavy atom. The van der Waals surface area contributed by atoms with Gasteiger partial charge in [-0.15, -0.1) is 0 Å². The van der Waals surface area contributed by atoms with Crippen LogP contribution in [0.25, 0.3) is 11.0 Å². The molecule has 2 aromatic rings. The summed E-state index contributed by atoms with van der Waals surface area (Å²) >= 11 is 0. The highest BCUT2D eigenvalue weighted by atomic mass is 16.5. The van der Waals surface area contributed by atoms with Crippen molar-refractivity contribution in [2.24, 2.45) is 0 Å². The second-order valence-corrected chi connectivity index (χ2v) is 4.02. The molecule has 0 bridgehead atoms. The molecule has 0 aliphatic carbocycles. The number of aromatic nitrogens is 1. The van der Waals surface area contributed by atoms with Crippen LogP contribution in [-0.4, -0.2) is 31.3 Å². The Kier molecular flexibility index (Phi) is 2.29. The lowest BCUT2D eigenvalue weighted by Crippen LogP contribution is -2.36. The fourth-order valence-electron chi connectivity index (χ4n) is 2.08. The standard InChI is InChI=1S/C12H14N2O2/c1-9-8-11-10(2-5-16-11)12(13-9)14-3-6-15-7-4-14/h2,5,8H,3-4,6-7H2,1H3. The first-order valence-corrected chi connectivity index (χ1v) is 5.52. The molecule has 0 N–H and O–H groups in total. The van der Waals surface area contributed by atoms with E-state index in [1.165, 1.54) is 0 Å². The van der Waals surface area contributed by atoms with Gasteiger partial charge in [-0.05, 0) is 13.0 Å². The number of pyridine rings is 1. The van der Waals surface area contributed by atoms with Crippen molar-refractivity contribution in [3.05, 3.63) is 24.1 Å². The lowest BCUT2D eigenvalue weighted by molar-refractivity contribution is 0.122. The number of ether oxygens (including phenoxy) is 1. The van der Waals surface area contributed by atoms with Crippen molar-refractivity contribution in [1.82, 2.24) is 4.98 Å². The summed E-state index contributed by atoms with van der Waals surface area (Å²) in [6.07, 6.45) is 1.72. The van der Waals surface area contributed by atoms with Gasteiger partial charge in [-0.3, -0.25) is 0 Å². The zero-order chi connectivity index (χ0) is 11.0. The van der Waals surface area contributed by atoms with E-state index in [4.69, 9.17) is 9.15 Å². The minimum atomic E-state index is 0.773. The smallest absolute Gasteiger partial charge is 0.140 e. The van der Waals surface area contributed by atoms with Crippen LogP contribution in [0.15, 0.2) is 22.8 Å². The summed E-state index contributed by atoms with van der Waals surface area (Å²) in [6, 6.07) is 3.95. The molecule has 0 unspecified atom stereocenters. The molecule has 1 saturated heterocycles. The van der Waals surface area contributed by atoms with E-state index in [-0.39, 0.29) is 0 Å². The lowest BCUT2D eigenvalue weighted by atomic mass is 10.2. The summed E-state index contributed by atoms with van der Waals surface area (Å²) in [5, 5.41) is 1.09. The van der Waals surface area contributed by atoms with Crippen LogP contribution < -0.4 is 4.90 Å². The first kappa shape index (κ1) is 9.66. The minimum absolute atomic E-state index is 0.773. The third kappa shape index (κ3) is 1.55. The summed E-state index contributed by atoms with van der Waals surface area (Å²) in [5.74, 6) is 1.02.